The van der Waals surface area contributed by atoms with Crippen LogP contribution in [0.2, 0.25) is 0 Å². The average Bonchev–Trinajstić information content (AvgIpc) is 2.60. The standard InChI is InChI=1S/C15H13N5O5/c1-8-10(7-16)14(21)19(2)15(22)13(8)18-17-11-5-4-9(25-3)6-12(11)20(23)24/h4-6,22H,1-3H3/b18-17+. The first kappa shape index (κ1) is 17.6. The van der Waals surface area contributed by atoms with Gasteiger partial charge >= 0.3 is 0 Å². The molecule has 0 fully saturated rings. The summed E-state index contributed by atoms with van der Waals surface area (Å²) < 4.78 is 5.78. The molecule has 1 N–H and O–H groups in total. The first-order valence-electron chi connectivity index (χ1n) is 6.88. The molecule has 0 aliphatic carbocycles. The molecule has 0 amide bonds. The fourth-order valence-corrected chi connectivity index (χ4v) is 2.09. The largest absolute Gasteiger partial charge is 0.496 e. The number of methoxy groups -OCH3 is 1. The highest BCUT2D eigenvalue weighted by Gasteiger charge is 2.19. The number of benzene rings is 1. The van der Waals surface area contributed by atoms with Crippen LogP contribution in [-0.2, 0) is 7.05 Å². The number of nitrogens with zero attached hydrogens (tertiary/aromatic N) is 5. The molecule has 0 atom stereocenters. The molecule has 0 spiro atoms. The lowest BCUT2D eigenvalue weighted by Crippen LogP contribution is -2.20. The second kappa shape index (κ2) is 6.79. The van der Waals surface area contributed by atoms with E-state index < -0.39 is 16.4 Å². The van der Waals surface area contributed by atoms with E-state index in [0.29, 0.717) is 0 Å². The number of hydrogen-bond donors (Lipinski definition) is 1. The van der Waals surface area contributed by atoms with Crippen molar-refractivity contribution in [3.05, 3.63) is 49.8 Å². The topological polar surface area (TPSA) is 143 Å². The molecule has 0 radical (unpaired) electrons. The van der Waals surface area contributed by atoms with Crippen molar-refractivity contribution in [3.63, 3.8) is 0 Å². The van der Waals surface area contributed by atoms with Gasteiger partial charge in [-0.1, -0.05) is 0 Å². The Kier molecular flexibility index (Phi) is 4.79. The number of ether oxygens (including phenoxy) is 1. The molecular formula is C15H13N5O5. The molecule has 2 aromatic rings. The maximum absolute atomic E-state index is 11.9. The quantitative estimate of drug-likeness (QED) is 0.513. The lowest BCUT2D eigenvalue weighted by molar-refractivity contribution is -0.384. The number of nitro groups is 1. The Bertz CT molecular complexity index is 987. The van der Waals surface area contributed by atoms with Crippen molar-refractivity contribution in [2.75, 3.05) is 7.11 Å². The molecule has 0 saturated carbocycles. The fourth-order valence-electron chi connectivity index (χ4n) is 2.09. The van der Waals surface area contributed by atoms with Crippen molar-refractivity contribution >= 4 is 17.1 Å². The molecule has 128 valence electrons. The molecule has 0 aliphatic heterocycles. The first-order valence-corrected chi connectivity index (χ1v) is 6.88. The first-order chi connectivity index (χ1) is 11.8. The van der Waals surface area contributed by atoms with Gasteiger partial charge in [0.2, 0.25) is 5.88 Å². The SMILES string of the molecule is COc1ccc(/N=N/c2c(C)c(C#N)c(=O)n(C)c2O)c([N+](=O)[O-])c1. The minimum Gasteiger partial charge on any atom is -0.496 e. The molecule has 1 aromatic heterocycles. The zero-order valence-electron chi connectivity index (χ0n) is 13.5. The third-order valence-corrected chi connectivity index (χ3v) is 3.53. The van der Waals surface area contributed by atoms with Gasteiger partial charge in [0.1, 0.15) is 17.4 Å². The van der Waals surface area contributed by atoms with Crippen molar-refractivity contribution in [1.29, 1.82) is 5.26 Å². The van der Waals surface area contributed by atoms with Gasteiger partial charge in [0.25, 0.3) is 11.2 Å². The molecule has 0 saturated heterocycles. The van der Waals surface area contributed by atoms with Crippen molar-refractivity contribution in [3.8, 4) is 17.7 Å². The number of nitriles is 1. The monoisotopic (exact) mass is 343 g/mol. The van der Waals surface area contributed by atoms with Gasteiger partial charge < -0.3 is 9.84 Å². The summed E-state index contributed by atoms with van der Waals surface area (Å²) in [5.41, 5.74) is -1.28. The van der Waals surface area contributed by atoms with Crippen LogP contribution in [0.15, 0.2) is 33.2 Å². The summed E-state index contributed by atoms with van der Waals surface area (Å²) in [6.07, 6.45) is 0. The molecule has 1 aromatic carbocycles. The molecule has 10 nitrogen and oxygen atoms in total. The van der Waals surface area contributed by atoms with Gasteiger partial charge in [-0.3, -0.25) is 19.5 Å². The number of rotatable bonds is 4. The van der Waals surface area contributed by atoms with Crippen LogP contribution in [0.5, 0.6) is 11.6 Å². The zero-order chi connectivity index (χ0) is 18.7. The second-order valence-corrected chi connectivity index (χ2v) is 4.96. The lowest BCUT2D eigenvalue weighted by Gasteiger charge is -2.08. The van der Waals surface area contributed by atoms with Crippen LogP contribution in [0.4, 0.5) is 17.1 Å². The van der Waals surface area contributed by atoms with Crippen molar-refractivity contribution < 1.29 is 14.8 Å². The number of hydrogen-bond acceptors (Lipinski definition) is 8. The van der Waals surface area contributed by atoms with Crippen LogP contribution in [-0.4, -0.2) is 21.7 Å². The summed E-state index contributed by atoms with van der Waals surface area (Å²) in [6, 6.07) is 5.73. The Morgan fingerprint density at radius 3 is 2.64 bits per heavy atom. The van der Waals surface area contributed by atoms with Gasteiger partial charge in [0.05, 0.1) is 18.1 Å². The highest BCUT2D eigenvalue weighted by atomic mass is 16.6. The van der Waals surface area contributed by atoms with Gasteiger partial charge in [0, 0.05) is 12.6 Å². The Hall–Kier alpha value is -3.74. The van der Waals surface area contributed by atoms with Crippen LogP contribution in [0.1, 0.15) is 11.1 Å². The number of aromatic hydroxyl groups is 1. The van der Waals surface area contributed by atoms with E-state index in [-0.39, 0.29) is 33.9 Å². The summed E-state index contributed by atoms with van der Waals surface area (Å²) in [5, 5.41) is 37.9. The highest BCUT2D eigenvalue weighted by Crippen LogP contribution is 2.35. The fraction of sp³-hybridized carbons (Fsp3) is 0.200. The summed E-state index contributed by atoms with van der Waals surface area (Å²) in [4.78, 5) is 22.4. The molecule has 1 heterocycles. The van der Waals surface area contributed by atoms with E-state index in [1.165, 1.54) is 39.3 Å². The molecular weight excluding hydrogens is 330 g/mol. The maximum atomic E-state index is 11.9. The number of aromatic nitrogens is 1. The predicted molar refractivity (Wildman–Crippen MR) is 86.6 cm³/mol. The average molecular weight is 343 g/mol. The minimum absolute atomic E-state index is 0.0723. The van der Waals surface area contributed by atoms with E-state index >= 15 is 0 Å². The van der Waals surface area contributed by atoms with Crippen LogP contribution >= 0.6 is 0 Å². The van der Waals surface area contributed by atoms with Gasteiger partial charge in [-0.2, -0.15) is 5.26 Å². The van der Waals surface area contributed by atoms with Gasteiger partial charge in [-0.25, -0.2) is 0 Å². The minimum atomic E-state index is -0.674. The van der Waals surface area contributed by atoms with E-state index in [1.54, 1.807) is 6.07 Å². The predicted octanol–water partition coefficient (Wildman–Crippen LogP) is 2.60. The third-order valence-electron chi connectivity index (χ3n) is 3.53. The van der Waals surface area contributed by atoms with E-state index in [0.717, 1.165) is 4.57 Å². The van der Waals surface area contributed by atoms with E-state index in [4.69, 9.17) is 10.00 Å². The molecule has 0 aliphatic rings. The van der Waals surface area contributed by atoms with Gasteiger partial charge in [0.15, 0.2) is 11.4 Å². The summed E-state index contributed by atoms with van der Waals surface area (Å²) in [7, 11) is 2.64. The Morgan fingerprint density at radius 2 is 2.08 bits per heavy atom. The molecule has 10 heteroatoms. The van der Waals surface area contributed by atoms with Crippen LogP contribution in [0.3, 0.4) is 0 Å². The van der Waals surface area contributed by atoms with Crippen LogP contribution in [0, 0.1) is 28.4 Å². The third kappa shape index (κ3) is 3.16. The van der Waals surface area contributed by atoms with Crippen molar-refractivity contribution in [1.82, 2.24) is 4.57 Å². The molecule has 0 unspecified atom stereocenters. The summed E-state index contributed by atoms with van der Waals surface area (Å²) in [5.74, 6) is -0.222. The Morgan fingerprint density at radius 1 is 1.40 bits per heavy atom. The Balaban J connectivity index is 2.62. The normalized spacial score (nSPS) is 10.6. The maximum Gasteiger partial charge on any atom is 0.300 e. The van der Waals surface area contributed by atoms with Crippen LogP contribution < -0.4 is 10.3 Å². The van der Waals surface area contributed by atoms with E-state index in [2.05, 4.69) is 10.2 Å². The summed E-state index contributed by atoms with van der Waals surface area (Å²) in [6.45, 7) is 1.43. The summed E-state index contributed by atoms with van der Waals surface area (Å²) >= 11 is 0. The molecule has 2 rings (SSSR count). The van der Waals surface area contributed by atoms with Gasteiger partial charge in [-0.05, 0) is 19.1 Å². The van der Waals surface area contributed by atoms with Crippen LogP contribution in [0.25, 0.3) is 0 Å². The number of azo groups is 1. The number of pyridine rings is 1. The second-order valence-electron chi connectivity index (χ2n) is 4.96. The van der Waals surface area contributed by atoms with E-state index in [1.807, 2.05) is 0 Å². The highest BCUT2D eigenvalue weighted by molar-refractivity contribution is 5.62. The zero-order valence-corrected chi connectivity index (χ0v) is 13.5. The van der Waals surface area contributed by atoms with E-state index in [9.17, 15) is 20.0 Å². The Labute approximate surface area is 141 Å². The number of nitro benzene ring substituents is 1. The molecule has 0 bridgehead atoms. The lowest BCUT2D eigenvalue weighted by atomic mass is 10.1. The smallest absolute Gasteiger partial charge is 0.300 e. The molecule has 25 heavy (non-hydrogen) atoms. The van der Waals surface area contributed by atoms with Gasteiger partial charge in [-0.15, -0.1) is 10.2 Å². The van der Waals surface area contributed by atoms with Crippen molar-refractivity contribution in [2.45, 2.75) is 6.92 Å². The van der Waals surface area contributed by atoms with Crippen molar-refractivity contribution in [2.24, 2.45) is 17.3 Å².